The van der Waals surface area contributed by atoms with Crippen LogP contribution in [0.3, 0.4) is 0 Å². The van der Waals surface area contributed by atoms with Crippen LogP contribution in [-0.4, -0.2) is 58.6 Å². The zero-order valence-electron chi connectivity index (χ0n) is 18.1. The van der Waals surface area contributed by atoms with E-state index in [2.05, 4.69) is 44.0 Å². The predicted molar refractivity (Wildman–Crippen MR) is 119 cm³/mol. The normalized spacial score (nSPS) is 22.0. The number of aromatic amines is 1. The van der Waals surface area contributed by atoms with Crippen LogP contribution >= 0.6 is 0 Å². The summed E-state index contributed by atoms with van der Waals surface area (Å²) in [5.74, 6) is 1.65. The average Bonchev–Trinajstić information content (AvgIpc) is 2.73. The van der Waals surface area contributed by atoms with Crippen molar-refractivity contribution in [1.29, 1.82) is 0 Å². The summed E-state index contributed by atoms with van der Waals surface area (Å²) < 4.78 is 6.03. The Morgan fingerprint density at radius 3 is 2.93 bits per heavy atom. The molecule has 2 bridgehead atoms. The van der Waals surface area contributed by atoms with Gasteiger partial charge in [0.1, 0.15) is 11.6 Å². The Balaban J connectivity index is 1.49. The Morgan fingerprint density at radius 1 is 1.10 bits per heavy atom. The van der Waals surface area contributed by atoms with E-state index in [1.165, 1.54) is 37.8 Å². The maximum absolute atomic E-state index is 11.9. The molecule has 6 heteroatoms. The predicted octanol–water partition coefficient (Wildman–Crippen LogP) is 3.15. The molecule has 1 fully saturated rings. The first-order chi connectivity index (χ1) is 14.7. The molecule has 2 aliphatic rings. The molecular formula is C24H34N4O2. The van der Waals surface area contributed by atoms with Crippen molar-refractivity contribution in [3.63, 3.8) is 0 Å². The van der Waals surface area contributed by atoms with E-state index >= 15 is 0 Å². The van der Waals surface area contributed by atoms with Gasteiger partial charge in [-0.2, -0.15) is 0 Å². The number of piperidine rings is 1. The molecule has 1 N–H and O–H groups in total. The van der Waals surface area contributed by atoms with Crippen LogP contribution in [0.15, 0.2) is 35.1 Å². The molecule has 0 spiro atoms. The molecule has 2 aromatic rings. The molecule has 1 aromatic heterocycles. The smallest absolute Gasteiger partial charge is 0.251 e. The number of nitrogens with zero attached hydrogens (tertiary/aromatic N) is 3. The van der Waals surface area contributed by atoms with Crippen LogP contribution in [0.4, 0.5) is 0 Å². The molecule has 4 rings (SSSR count). The summed E-state index contributed by atoms with van der Waals surface area (Å²) in [6.45, 7) is 7.46. The Bertz CT molecular complexity index is 882. The van der Waals surface area contributed by atoms with Crippen molar-refractivity contribution in [2.75, 3.05) is 32.8 Å². The van der Waals surface area contributed by atoms with Crippen LogP contribution in [0.5, 0.6) is 5.75 Å². The molecule has 0 radical (unpaired) electrons. The lowest BCUT2D eigenvalue weighted by Crippen LogP contribution is -2.44. The van der Waals surface area contributed by atoms with Crippen LogP contribution in [0.2, 0.25) is 0 Å². The standard InChI is InChI=1S/C24H34N4O2/c1-19-25-21(17-24(29)26-19)18-27-11-5-15-30-23-8-4-6-20(16-23)9-10-22-7-2-3-12-28(22)14-13-27/h4,6,8,16-17,22H,2-3,5,7,9-15,18H2,1H3,(H,25,26,29). The van der Waals surface area contributed by atoms with Crippen molar-refractivity contribution in [1.82, 2.24) is 19.8 Å². The van der Waals surface area contributed by atoms with Gasteiger partial charge in [-0.15, -0.1) is 0 Å². The number of ether oxygens (including phenoxy) is 1. The van der Waals surface area contributed by atoms with Crippen LogP contribution in [-0.2, 0) is 13.0 Å². The number of nitrogens with one attached hydrogen (secondary N) is 1. The minimum atomic E-state index is -0.0705. The van der Waals surface area contributed by atoms with Crippen molar-refractivity contribution < 1.29 is 4.74 Å². The molecular weight excluding hydrogens is 376 g/mol. The molecule has 0 aliphatic carbocycles. The van der Waals surface area contributed by atoms with Gasteiger partial charge in [0.25, 0.3) is 5.56 Å². The molecule has 162 valence electrons. The minimum Gasteiger partial charge on any atom is -0.494 e. The van der Waals surface area contributed by atoms with Crippen LogP contribution in [0, 0.1) is 6.92 Å². The Kier molecular flexibility index (Phi) is 7.18. The molecule has 0 amide bonds. The van der Waals surface area contributed by atoms with Crippen molar-refractivity contribution >= 4 is 0 Å². The third-order valence-electron chi connectivity index (χ3n) is 6.30. The summed E-state index contributed by atoms with van der Waals surface area (Å²) in [6.07, 6.45) is 7.20. The topological polar surface area (TPSA) is 61.5 Å². The van der Waals surface area contributed by atoms with Gasteiger partial charge in [-0.1, -0.05) is 18.6 Å². The zero-order chi connectivity index (χ0) is 20.8. The maximum atomic E-state index is 11.9. The number of fused-ring (bicyclic) bond motifs is 3. The lowest BCUT2D eigenvalue weighted by molar-refractivity contribution is 0.114. The number of hydrogen-bond acceptors (Lipinski definition) is 5. The second-order valence-corrected chi connectivity index (χ2v) is 8.67. The molecule has 6 nitrogen and oxygen atoms in total. The van der Waals surface area contributed by atoms with Gasteiger partial charge in [-0.05, 0) is 63.3 Å². The van der Waals surface area contributed by atoms with E-state index in [4.69, 9.17) is 4.74 Å². The average molecular weight is 411 g/mol. The second kappa shape index (κ2) is 10.2. The number of rotatable bonds is 2. The van der Waals surface area contributed by atoms with Crippen LogP contribution < -0.4 is 10.3 Å². The lowest BCUT2D eigenvalue weighted by Gasteiger charge is -2.37. The zero-order valence-corrected chi connectivity index (χ0v) is 18.1. The fraction of sp³-hybridized carbons (Fsp3) is 0.583. The van der Waals surface area contributed by atoms with E-state index in [0.29, 0.717) is 25.0 Å². The molecule has 30 heavy (non-hydrogen) atoms. The molecule has 2 aliphatic heterocycles. The van der Waals surface area contributed by atoms with Gasteiger partial charge < -0.3 is 9.72 Å². The molecule has 1 unspecified atom stereocenters. The largest absolute Gasteiger partial charge is 0.494 e. The molecule has 3 heterocycles. The Hall–Kier alpha value is -2.18. The number of benzene rings is 1. The van der Waals surface area contributed by atoms with Crippen molar-refractivity contribution in [2.45, 2.75) is 58.0 Å². The molecule has 0 saturated carbocycles. The van der Waals surface area contributed by atoms with Crippen LogP contribution in [0.25, 0.3) is 0 Å². The first-order valence-electron chi connectivity index (χ1n) is 11.4. The summed E-state index contributed by atoms with van der Waals surface area (Å²) in [7, 11) is 0. The van der Waals surface area contributed by atoms with Crippen molar-refractivity contribution in [3.05, 3.63) is 57.8 Å². The van der Waals surface area contributed by atoms with Gasteiger partial charge in [-0.25, -0.2) is 4.98 Å². The maximum Gasteiger partial charge on any atom is 0.251 e. The summed E-state index contributed by atoms with van der Waals surface area (Å²) >= 11 is 0. The number of aromatic nitrogens is 2. The third-order valence-corrected chi connectivity index (χ3v) is 6.30. The molecule has 1 saturated heterocycles. The fourth-order valence-electron chi connectivity index (χ4n) is 4.77. The highest BCUT2D eigenvalue weighted by Crippen LogP contribution is 2.23. The van der Waals surface area contributed by atoms with Crippen molar-refractivity contribution in [3.8, 4) is 5.75 Å². The number of H-pyrrole nitrogens is 1. The van der Waals surface area contributed by atoms with Gasteiger partial charge in [0, 0.05) is 38.3 Å². The molecule has 1 aromatic carbocycles. The summed E-state index contributed by atoms with van der Waals surface area (Å²) in [5.41, 5.74) is 2.16. The third kappa shape index (κ3) is 5.92. The van der Waals surface area contributed by atoms with E-state index in [-0.39, 0.29) is 5.56 Å². The number of hydrogen-bond donors (Lipinski definition) is 1. The van der Waals surface area contributed by atoms with Gasteiger partial charge in [0.2, 0.25) is 0 Å². The van der Waals surface area contributed by atoms with E-state index in [1.54, 1.807) is 6.07 Å². The van der Waals surface area contributed by atoms with E-state index in [9.17, 15) is 4.79 Å². The Morgan fingerprint density at radius 2 is 2.03 bits per heavy atom. The Labute approximate surface area is 179 Å². The first-order valence-corrected chi connectivity index (χ1v) is 11.4. The van der Waals surface area contributed by atoms with Crippen molar-refractivity contribution in [2.24, 2.45) is 0 Å². The molecule has 1 atom stereocenters. The van der Waals surface area contributed by atoms with Gasteiger partial charge in [0.05, 0.1) is 12.3 Å². The highest BCUT2D eigenvalue weighted by Gasteiger charge is 2.23. The van der Waals surface area contributed by atoms with Gasteiger partial charge in [0.15, 0.2) is 0 Å². The van der Waals surface area contributed by atoms with E-state index in [0.717, 1.165) is 43.9 Å². The minimum absolute atomic E-state index is 0.0705. The van der Waals surface area contributed by atoms with Crippen LogP contribution in [0.1, 0.15) is 49.2 Å². The van der Waals surface area contributed by atoms with Gasteiger partial charge in [-0.3, -0.25) is 14.6 Å². The summed E-state index contributed by atoms with van der Waals surface area (Å²) in [6, 6.07) is 10.9. The monoisotopic (exact) mass is 410 g/mol. The summed E-state index contributed by atoms with van der Waals surface area (Å²) in [5, 5.41) is 0. The highest BCUT2D eigenvalue weighted by molar-refractivity contribution is 5.28. The highest BCUT2D eigenvalue weighted by atomic mass is 16.5. The summed E-state index contributed by atoms with van der Waals surface area (Å²) in [4.78, 5) is 24.3. The quantitative estimate of drug-likeness (QED) is 0.824. The number of aryl methyl sites for hydroxylation is 2. The fourth-order valence-corrected chi connectivity index (χ4v) is 4.77. The van der Waals surface area contributed by atoms with E-state index in [1.807, 2.05) is 6.92 Å². The first kappa shape index (κ1) is 21.1. The lowest BCUT2D eigenvalue weighted by atomic mass is 9.95. The van der Waals surface area contributed by atoms with E-state index < -0.39 is 0 Å². The second-order valence-electron chi connectivity index (χ2n) is 8.67. The SMILES string of the molecule is Cc1nc(CN2CCCOc3cccc(c3)CCC3CCCCN3CC2)cc(=O)[nH]1. The van der Waals surface area contributed by atoms with Gasteiger partial charge >= 0.3 is 0 Å².